The van der Waals surface area contributed by atoms with E-state index in [1.807, 2.05) is 0 Å². The van der Waals surface area contributed by atoms with Gasteiger partial charge >= 0.3 is 7.12 Å². The van der Waals surface area contributed by atoms with Crippen molar-refractivity contribution in [2.45, 2.75) is 0 Å². The van der Waals surface area contributed by atoms with Gasteiger partial charge in [0.25, 0.3) is 0 Å². The number of phenols is 2. The molecule has 0 radical (unpaired) electrons. The quantitative estimate of drug-likeness (QED) is 0.394. The van der Waals surface area contributed by atoms with Gasteiger partial charge in [-0.05, 0) is 17.5 Å². The van der Waals surface area contributed by atoms with E-state index >= 15 is 0 Å². The number of phenolic OH excluding ortho intramolecular Hbond substituents is 2. The van der Waals surface area contributed by atoms with Crippen LogP contribution in [0.4, 0.5) is 0 Å². The fourth-order valence-corrected chi connectivity index (χ4v) is 2.34. The molecule has 0 atom stereocenters. The summed E-state index contributed by atoms with van der Waals surface area (Å²) in [7, 11) is -1.64. The van der Waals surface area contributed by atoms with Gasteiger partial charge in [-0.25, -0.2) is 0 Å². The Bertz CT molecular complexity index is 479. The molecule has 0 aliphatic heterocycles. The first-order chi connectivity index (χ1) is 6.61. The molecule has 0 fully saturated rings. The molecule has 0 aliphatic rings. The molecule has 1 aromatic carbocycles. The third-order valence-electron chi connectivity index (χ3n) is 1.99. The molecule has 4 N–H and O–H groups in total. The van der Waals surface area contributed by atoms with Gasteiger partial charge < -0.3 is 20.3 Å². The lowest BCUT2D eigenvalue weighted by molar-refractivity contribution is 0.426. The molecule has 0 saturated carbocycles. The highest BCUT2D eigenvalue weighted by molar-refractivity contribution is 7.19. The van der Waals surface area contributed by atoms with Gasteiger partial charge in [0, 0.05) is 10.8 Å². The molecule has 6 heteroatoms. The van der Waals surface area contributed by atoms with Crippen molar-refractivity contribution in [3.05, 3.63) is 17.5 Å². The zero-order valence-electron chi connectivity index (χ0n) is 7.01. The molecule has 1 heterocycles. The number of hydrogen-bond acceptors (Lipinski definition) is 5. The van der Waals surface area contributed by atoms with Crippen molar-refractivity contribution in [3.63, 3.8) is 0 Å². The lowest BCUT2D eigenvalue weighted by Crippen LogP contribution is -2.28. The molecule has 1 aromatic heterocycles. The Morgan fingerprint density at radius 2 is 1.71 bits per heavy atom. The van der Waals surface area contributed by atoms with E-state index in [2.05, 4.69) is 0 Å². The normalized spacial score (nSPS) is 10.7. The molecule has 2 aromatic rings. The van der Waals surface area contributed by atoms with Crippen molar-refractivity contribution >= 4 is 34.0 Å². The van der Waals surface area contributed by atoms with Crippen LogP contribution in [-0.4, -0.2) is 27.4 Å². The third kappa shape index (κ3) is 1.24. The van der Waals surface area contributed by atoms with Crippen LogP contribution in [-0.2, 0) is 0 Å². The molecular weight excluding hydrogens is 203 g/mol. The first-order valence-electron chi connectivity index (χ1n) is 3.89. The van der Waals surface area contributed by atoms with Gasteiger partial charge in [0.15, 0.2) is 0 Å². The second-order valence-electron chi connectivity index (χ2n) is 2.87. The minimum atomic E-state index is -1.64. The zero-order chi connectivity index (χ0) is 10.3. The Morgan fingerprint density at radius 3 is 2.36 bits per heavy atom. The van der Waals surface area contributed by atoms with Gasteiger partial charge in [-0.15, -0.1) is 11.3 Å². The zero-order valence-corrected chi connectivity index (χ0v) is 7.82. The summed E-state index contributed by atoms with van der Waals surface area (Å²) in [6.45, 7) is 0. The maximum absolute atomic E-state index is 9.49. The SMILES string of the molecule is OB(O)c1csc2c(O)ccc(O)c12. The summed E-state index contributed by atoms with van der Waals surface area (Å²) < 4.78 is 0.452. The van der Waals surface area contributed by atoms with Crippen molar-refractivity contribution in [2.24, 2.45) is 0 Å². The van der Waals surface area contributed by atoms with Gasteiger partial charge in [-0.3, -0.25) is 0 Å². The molecule has 0 bridgehead atoms. The summed E-state index contributed by atoms with van der Waals surface area (Å²) >= 11 is 1.15. The summed E-state index contributed by atoms with van der Waals surface area (Å²) in [6.07, 6.45) is 0. The van der Waals surface area contributed by atoms with Crippen LogP contribution < -0.4 is 5.46 Å². The molecule has 0 amide bonds. The van der Waals surface area contributed by atoms with Crippen molar-refractivity contribution in [1.29, 1.82) is 0 Å². The van der Waals surface area contributed by atoms with Crippen LogP contribution in [0.1, 0.15) is 0 Å². The smallest absolute Gasteiger partial charge is 0.490 e. The second kappa shape index (κ2) is 3.16. The summed E-state index contributed by atoms with van der Waals surface area (Å²) in [5.41, 5.74) is 0.207. The average Bonchev–Trinajstić information content (AvgIpc) is 2.56. The highest BCUT2D eigenvalue weighted by Gasteiger charge is 2.20. The summed E-state index contributed by atoms with van der Waals surface area (Å²) in [5, 5.41) is 38.7. The number of benzene rings is 1. The Kier molecular flexibility index (Phi) is 2.11. The maximum Gasteiger partial charge on any atom is 0.490 e. The summed E-state index contributed by atoms with van der Waals surface area (Å²) in [6, 6.07) is 2.68. The van der Waals surface area contributed by atoms with E-state index in [9.17, 15) is 10.2 Å². The van der Waals surface area contributed by atoms with E-state index in [0.717, 1.165) is 11.3 Å². The standard InChI is InChI=1S/C8H7BO4S/c10-5-1-2-6(11)8-7(5)4(3-14-8)9(12)13/h1-3,10-13H. The monoisotopic (exact) mass is 210 g/mol. The number of thiophene rings is 1. The van der Waals surface area contributed by atoms with Gasteiger partial charge in [0.2, 0.25) is 0 Å². The van der Waals surface area contributed by atoms with Gasteiger partial charge in [-0.2, -0.15) is 0 Å². The first kappa shape index (κ1) is 9.33. The van der Waals surface area contributed by atoms with Crippen molar-refractivity contribution < 1.29 is 20.3 Å². The molecule has 0 saturated heterocycles. The summed E-state index contributed by atoms with van der Waals surface area (Å²) in [4.78, 5) is 0. The molecule has 0 aliphatic carbocycles. The van der Waals surface area contributed by atoms with E-state index in [1.165, 1.54) is 17.5 Å². The molecule has 2 rings (SSSR count). The van der Waals surface area contributed by atoms with Crippen LogP contribution in [0.3, 0.4) is 0 Å². The van der Waals surface area contributed by atoms with Crippen molar-refractivity contribution in [3.8, 4) is 11.5 Å². The van der Waals surface area contributed by atoms with Crippen LogP contribution in [0.5, 0.6) is 11.5 Å². The van der Waals surface area contributed by atoms with Gasteiger partial charge in [0.1, 0.15) is 11.5 Å². The molecule has 0 unspecified atom stereocenters. The third-order valence-corrected chi connectivity index (χ3v) is 3.01. The highest BCUT2D eigenvalue weighted by Crippen LogP contribution is 2.34. The van der Waals surface area contributed by atoms with Crippen molar-refractivity contribution in [1.82, 2.24) is 0 Å². The lowest BCUT2D eigenvalue weighted by atomic mass is 9.80. The Hall–Kier alpha value is -1.24. The fraction of sp³-hybridized carbons (Fsp3) is 0. The van der Waals surface area contributed by atoms with E-state index < -0.39 is 7.12 Å². The maximum atomic E-state index is 9.49. The molecule has 4 nitrogen and oxygen atoms in total. The van der Waals surface area contributed by atoms with Gasteiger partial charge in [-0.1, -0.05) is 0 Å². The van der Waals surface area contributed by atoms with Gasteiger partial charge in [0.05, 0.1) is 4.70 Å². The number of hydrogen-bond donors (Lipinski definition) is 4. The van der Waals surface area contributed by atoms with E-state index in [0.29, 0.717) is 10.1 Å². The fourth-order valence-electron chi connectivity index (χ4n) is 1.33. The average molecular weight is 210 g/mol. The van der Waals surface area contributed by atoms with E-state index in [-0.39, 0.29) is 17.0 Å². The Labute approximate surface area is 83.8 Å². The van der Waals surface area contributed by atoms with Crippen LogP contribution >= 0.6 is 11.3 Å². The topological polar surface area (TPSA) is 80.9 Å². The number of fused-ring (bicyclic) bond motifs is 1. The molecular formula is C8H7BO4S. The summed E-state index contributed by atoms with van der Waals surface area (Å²) in [5.74, 6) is -0.0446. The minimum absolute atomic E-state index is 0.0229. The van der Waals surface area contributed by atoms with Crippen molar-refractivity contribution in [2.75, 3.05) is 0 Å². The van der Waals surface area contributed by atoms with E-state index in [4.69, 9.17) is 10.0 Å². The van der Waals surface area contributed by atoms with Crippen LogP contribution in [0.2, 0.25) is 0 Å². The van der Waals surface area contributed by atoms with E-state index in [1.54, 1.807) is 0 Å². The van der Waals surface area contributed by atoms with Crippen LogP contribution in [0.15, 0.2) is 17.5 Å². The Balaban J connectivity index is 2.84. The molecule has 0 spiro atoms. The lowest BCUT2D eigenvalue weighted by Gasteiger charge is -2.00. The first-order valence-corrected chi connectivity index (χ1v) is 4.77. The predicted molar refractivity (Wildman–Crippen MR) is 55.0 cm³/mol. The number of aromatic hydroxyl groups is 2. The van der Waals surface area contributed by atoms with Crippen LogP contribution in [0, 0.1) is 0 Å². The predicted octanol–water partition coefficient (Wildman–Crippen LogP) is -0.00770. The molecule has 72 valence electrons. The largest absolute Gasteiger partial charge is 0.507 e. The minimum Gasteiger partial charge on any atom is -0.507 e. The second-order valence-corrected chi connectivity index (χ2v) is 3.75. The molecule has 14 heavy (non-hydrogen) atoms. The highest BCUT2D eigenvalue weighted by atomic mass is 32.1. The van der Waals surface area contributed by atoms with Crippen LogP contribution in [0.25, 0.3) is 10.1 Å². The number of rotatable bonds is 1. The Morgan fingerprint density at radius 1 is 1.07 bits per heavy atom.